The first-order valence-corrected chi connectivity index (χ1v) is 3.91. The Labute approximate surface area is 77.0 Å². The average molecular weight is 167 g/mol. The highest BCUT2D eigenvalue weighted by Gasteiger charge is 1.96. The standard InChI is InChI=1S/C10H6BNO/c11-8-3-1-7-2-4-9(6-13)12-10(7)5-8/h1-6H. The van der Waals surface area contributed by atoms with E-state index in [0.29, 0.717) is 11.2 Å². The number of hydrogen-bond donors (Lipinski definition) is 0. The van der Waals surface area contributed by atoms with Gasteiger partial charge in [0.2, 0.25) is 0 Å². The first-order valence-electron chi connectivity index (χ1n) is 3.91. The van der Waals surface area contributed by atoms with Gasteiger partial charge in [0.05, 0.1) is 5.52 Å². The third-order valence-corrected chi connectivity index (χ3v) is 1.86. The normalized spacial score (nSPS) is 10.2. The molecule has 0 spiro atoms. The molecule has 0 aliphatic heterocycles. The molecule has 2 radical (unpaired) electrons. The van der Waals surface area contributed by atoms with Gasteiger partial charge in [-0.05, 0) is 12.1 Å². The molecular weight excluding hydrogens is 161 g/mol. The summed E-state index contributed by atoms with van der Waals surface area (Å²) in [5.41, 5.74) is 1.84. The number of hydrogen-bond acceptors (Lipinski definition) is 2. The molecule has 0 bridgehead atoms. The van der Waals surface area contributed by atoms with Crippen LogP contribution in [0.25, 0.3) is 10.9 Å². The zero-order valence-corrected chi connectivity index (χ0v) is 6.90. The Morgan fingerprint density at radius 2 is 2.00 bits per heavy atom. The molecule has 1 aromatic heterocycles. The molecule has 2 nitrogen and oxygen atoms in total. The molecule has 1 aromatic carbocycles. The third kappa shape index (κ3) is 1.45. The van der Waals surface area contributed by atoms with E-state index in [0.717, 1.165) is 17.2 Å². The Balaban J connectivity index is 2.74. The van der Waals surface area contributed by atoms with Crippen molar-refractivity contribution in [2.24, 2.45) is 0 Å². The van der Waals surface area contributed by atoms with Crippen LogP contribution < -0.4 is 5.46 Å². The van der Waals surface area contributed by atoms with Crippen LogP contribution in [0.15, 0.2) is 30.3 Å². The van der Waals surface area contributed by atoms with E-state index in [9.17, 15) is 4.79 Å². The van der Waals surface area contributed by atoms with E-state index in [1.807, 2.05) is 18.2 Å². The predicted molar refractivity (Wildman–Crippen MR) is 52.5 cm³/mol. The van der Waals surface area contributed by atoms with Crippen molar-refractivity contribution in [1.29, 1.82) is 0 Å². The van der Waals surface area contributed by atoms with Crippen molar-refractivity contribution in [3.05, 3.63) is 36.0 Å². The van der Waals surface area contributed by atoms with Gasteiger partial charge in [-0.1, -0.05) is 23.7 Å². The summed E-state index contributed by atoms with van der Waals surface area (Å²) in [5.74, 6) is 0. The number of rotatable bonds is 1. The van der Waals surface area contributed by atoms with Crippen LogP contribution in [0.1, 0.15) is 10.5 Å². The van der Waals surface area contributed by atoms with Crippen LogP contribution in [0.5, 0.6) is 0 Å². The van der Waals surface area contributed by atoms with Crippen molar-refractivity contribution < 1.29 is 4.79 Å². The molecule has 0 saturated heterocycles. The van der Waals surface area contributed by atoms with Crippen LogP contribution >= 0.6 is 0 Å². The van der Waals surface area contributed by atoms with Gasteiger partial charge >= 0.3 is 0 Å². The Morgan fingerprint density at radius 3 is 2.77 bits per heavy atom. The topological polar surface area (TPSA) is 30.0 Å². The molecule has 13 heavy (non-hydrogen) atoms. The number of pyridine rings is 1. The Hall–Kier alpha value is -1.64. The minimum Gasteiger partial charge on any atom is -0.296 e. The van der Waals surface area contributed by atoms with E-state index >= 15 is 0 Å². The van der Waals surface area contributed by atoms with Crippen LogP contribution in [0.2, 0.25) is 0 Å². The summed E-state index contributed by atoms with van der Waals surface area (Å²) in [6.07, 6.45) is 0.725. The number of carbonyl (C=O) groups is 1. The molecule has 0 saturated carbocycles. The molecule has 0 amide bonds. The Kier molecular flexibility index (Phi) is 1.85. The fourth-order valence-corrected chi connectivity index (χ4v) is 1.22. The van der Waals surface area contributed by atoms with Crippen molar-refractivity contribution in [2.75, 3.05) is 0 Å². The quantitative estimate of drug-likeness (QED) is 0.465. The van der Waals surface area contributed by atoms with E-state index in [1.165, 1.54) is 0 Å². The number of benzene rings is 1. The van der Waals surface area contributed by atoms with E-state index in [-0.39, 0.29) is 0 Å². The molecule has 0 atom stereocenters. The van der Waals surface area contributed by atoms with Crippen LogP contribution in [0.3, 0.4) is 0 Å². The maximum atomic E-state index is 10.4. The summed E-state index contributed by atoms with van der Waals surface area (Å²) in [6, 6.07) is 8.98. The number of aromatic nitrogens is 1. The van der Waals surface area contributed by atoms with Crippen LogP contribution in [-0.2, 0) is 0 Å². The summed E-state index contributed by atoms with van der Waals surface area (Å²) in [6.45, 7) is 0. The molecule has 3 heteroatoms. The van der Waals surface area contributed by atoms with Gasteiger partial charge < -0.3 is 0 Å². The molecule has 0 aliphatic rings. The smallest absolute Gasteiger partial charge is 0.168 e. The zero-order chi connectivity index (χ0) is 9.26. The number of nitrogens with zero attached hydrogens (tertiary/aromatic N) is 1. The van der Waals surface area contributed by atoms with Crippen LogP contribution in [-0.4, -0.2) is 19.1 Å². The lowest BCUT2D eigenvalue weighted by atomic mass is 9.95. The maximum Gasteiger partial charge on any atom is 0.168 e. The molecule has 0 fully saturated rings. The van der Waals surface area contributed by atoms with E-state index in [2.05, 4.69) is 4.98 Å². The van der Waals surface area contributed by atoms with Gasteiger partial charge in [-0.2, -0.15) is 0 Å². The average Bonchev–Trinajstić information content (AvgIpc) is 2.16. The summed E-state index contributed by atoms with van der Waals surface area (Å²) < 4.78 is 0. The minimum absolute atomic E-state index is 0.429. The predicted octanol–water partition coefficient (Wildman–Crippen LogP) is 0.841. The third-order valence-electron chi connectivity index (χ3n) is 1.86. The number of fused-ring (bicyclic) bond motifs is 1. The second-order valence-corrected chi connectivity index (χ2v) is 2.81. The van der Waals surface area contributed by atoms with Crippen molar-refractivity contribution in [3.8, 4) is 0 Å². The molecule has 0 N–H and O–H groups in total. The molecular formula is C10H6BNO. The summed E-state index contributed by atoms with van der Waals surface area (Å²) in [5, 5.41) is 0.986. The first kappa shape index (κ1) is 7.99. The van der Waals surface area contributed by atoms with Gasteiger partial charge in [0.15, 0.2) is 6.29 Å². The Morgan fingerprint density at radius 1 is 1.23 bits per heavy atom. The van der Waals surface area contributed by atoms with Crippen molar-refractivity contribution in [2.45, 2.75) is 0 Å². The molecule has 2 aromatic rings. The minimum atomic E-state index is 0.429. The lowest BCUT2D eigenvalue weighted by molar-refractivity contribution is 0.111. The lowest BCUT2D eigenvalue weighted by Gasteiger charge is -1.98. The van der Waals surface area contributed by atoms with Gasteiger partial charge in [0, 0.05) is 5.39 Å². The van der Waals surface area contributed by atoms with Gasteiger partial charge in [0.1, 0.15) is 13.5 Å². The number of aldehydes is 1. The lowest BCUT2D eigenvalue weighted by Crippen LogP contribution is -2.01. The Bertz CT molecular complexity index is 467. The van der Waals surface area contributed by atoms with Gasteiger partial charge in [0.25, 0.3) is 0 Å². The largest absolute Gasteiger partial charge is 0.296 e. The maximum absolute atomic E-state index is 10.4. The fraction of sp³-hybridized carbons (Fsp3) is 0. The fourth-order valence-electron chi connectivity index (χ4n) is 1.22. The van der Waals surface area contributed by atoms with Crippen LogP contribution in [0.4, 0.5) is 0 Å². The van der Waals surface area contributed by atoms with Crippen molar-refractivity contribution >= 4 is 30.5 Å². The van der Waals surface area contributed by atoms with Crippen molar-refractivity contribution in [3.63, 3.8) is 0 Å². The van der Waals surface area contributed by atoms with Gasteiger partial charge in [-0.25, -0.2) is 4.98 Å². The molecule has 0 aliphatic carbocycles. The highest BCUT2D eigenvalue weighted by molar-refractivity contribution is 6.33. The highest BCUT2D eigenvalue weighted by Crippen LogP contribution is 2.09. The van der Waals surface area contributed by atoms with Crippen LogP contribution in [0, 0.1) is 0 Å². The molecule has 0 unspecified atom stereocenters. The second kappa shape index (κ2) is 3.01. The van der Waals surface area contributed by atoms with Gasteiger partial charge in [-0.3, -0.25) is 4.79 Å². The SMILES string of the molecule is [B]c1ccc2ccc(C=O)nc2c1. The monoisotopic (exact) mass is 167 g/mol. The van der Waals surface area contributed by atoms with Crippen molar-refractivity contribution in [1.82, 2.24) is 4.98 Å². The highest BCUT2D eigenvalue weighted by atomic mass is 16.1. The van der Waals surface area contributed by atoms with E-state index in [1.54, 1.807) is 12.1 Å². The summed E-state index contributed by atoms with van der Waals surface area (Å²) >= 11 is 0. The second-order valence-electron chi connectivity index (χ2n) is 2.81. The van der Waals surface area contributed by atoms with E-state index in [4.69, 9.17) is 7.85 Å². The van der Waals surface area contributed by atoms with E-state index < -0.39 is 0 Å². The zero-order valence-electron chi connectivity index (χ0n) is 6.90. The summed E-state index contributed by atoms with van der Waals surface area (Å²) in [4.78, 5) is 14.5. The molecule has 1 heterocycles. The summed E-state index contributed by atoms with van der Waals surface area (Å²) in [7, 11) is 5.59. The molecule has 60 valence electrons. The number of carbonyl (C=O) groups excluding carboxylic acids is 1. The first-order chi connectivity index (χ1) is 6.29. The molecule has 2 rings (SSSR count). The van der Waals surface area contributed by atoms with Gasteiger partial charge in [-0.15, -0.1) is 0 Å².